The summed E-state index contributed by atoms with van der Waals surface area (Å²) in [6.45, 7) is 9.07. The minimum absolute atomic E-state index is 0.173. The van der Waals surface area contributed by atoms with Gasteiger partial charge in [-0.1, -0.05) is 25.9 Å². The number of benzene rings is 1. The number of nitrogens with zero attached hydrogens (tertiary/aromatic N) is 1. The normalized spacial score (nSPS) is 12.4. The number of hydrogen-bond donors (Lipinski definition) is 0. The van der Waals surface area contributed by atoms with Crippen LogP contribution in [0.4, 0.5) is 0 Å². The zero-order valence-electron chi connectivity index (χ0n) is 11.3. The number of ether oxygens (including phenoxy) is 1. The maximum Gasteiger partial charge on any atom is 0.119 e. The predicted molar refractivity (Wildman–Crippen MR) is 70.6 cm³/mol. The Morgan fingerprint density at radius 3 is 2.24 bits per heavy atom. The molecule has 0 aliphatic carbocycles. The van der Waals surface area contributed by atoms with E-state index < -0.39 is 0 Å². The maximum absolute atomic E-state index is 5.69. The third-order valence-electron chi connectivity index (χ3n) is 2.17. The van der Waals surface area contributed by atoms with E-state index >= 15 is 0 Å². The third kappa shape index (κ3) is 4.89. The van der Waals surface area contributed by atoms with Crippen molar-refractivity contribution in [3.05, 3.63) is 29.8 Å². The fourth-order valence-electron chi connectivity index (χ4n) is 1.28. The molecule has 1 aromatic carbocycles. The second-order valence-electron chi connectivity index (χ2n) is 5.23. The molecule has 94 valence electrons. The first-order valence-electron chi connectivity index (χ1n) is 5.73. The van der Waals surface area contributed by atoms with Crippen molar-refractivity contribution in [1.82, 2.24) is 0 Å². The lowest BCUT2D eigenvalue weighted by Crippen LogP contribution is -2.16. The third-order valence-corrected chi connectivity index (χ3v) is 2.17. The SMILES string of the molecule is CO/N=C(\C)c1ccc(OCC(C)(C)C)cc1. The summed E-state index contributed by atoms with van der Waals surface area (Å²) in [5.74, 6) is 0.883. The number of rotatable bonds is 4. The van der Waals surface area contributed by atoms with Crippen molar-refractivity contribution in [1.29, 1.82) is 0 Å². The molecule has 3 heteroatoms. The standard InChI is InChI=1S/C14H21NO2/c1-11(15-16-5)12-6-8-13(9-7-12)17-10-14(2,3)4/h6-9H,10H2,1-5H3/b15-11+. The zero-order valence-corrected chi connectivity index (χ0v) is 11.3. The summed E-state index contributed by atoms with van der Waals surface area (Å²) in [6.07, 6.45) is 0. The Balaban J connectivity index is 2.65. The lowest BCUT2D eigenvalue weighted by atomic mass is 9.99. The monoisotopic (exact) mass is 235 g/mol. The first-order chi connectivity index (χ1) is 7.92. The van der Waals surface area contributed by atoms with E-state index in [1.54, 1.807) is 7.11 Å². The quantitative estimate of drug-likeness (QED) is 0.591. The van der Waals surface area contributed by atoms with Gasteiger partial charge in [0.05, 0.1) is 12.3 Å². The van der Waals surface area contributed by atoms with Crippen LogP contribution >= 0.6 is 0 Å². The second kappa shape index (κ2) is 5.71. The molecule has 0 aliphatic heterocycles. The molecule has 0 unspecified atom stereocenters. The Bertz CT molecular complexity index is 374. The molecule has 0 N–H and O–H groups in total. The zero-order chi connectivity index (χ0) is 12.9. The van der Waals surface area contributed by atoms with Gasteiger partial charge in [0.2, 0.25) is 0 Å². The largest absolute Gasteiger partial charge is 0.493 e. The van der Waals surface area contributed by atoms with Gasteiger partial charge in [0, 0.05) is 0 Å². The summed E-state index contributed by atoms with van der Waals surface area (Å²) in [6, 6.07) is 7.87. The van der Waals surface area contributed by atoms with Crippen LogP contribution in [0.15, 0.2) is 29.4 Å². The molecule has 0 bridgehead atoms. The Labute approximate surface area is 103 Å². The molecule has 1 rings (SSSR count). The van der Waals surface area contributed by atoms with Crippen LogP contribution in [0, 0.1) is 5.41 Å². The molecule has 0 saturated heterocycles. The highest BCUT2D eigenvalue weighted by molar-refractivity contribution is 5.98. The van der Waals surface area contributed by atoms with Crippen molar-refractivity contribution in [2.45, 2.75) is 27.7 Å². The Kier molecular flexibility index (Phi) is 4.55. The molecule has 1 aromatic rings. The molecule has 0 aromatic heterocycles. The molecular weight excluding hydrogens is 214 g/mol. The van der Waals surface area contributed by atoms with Gasteiger partial charge in [0.1, 0.15) is 12.9 Å². The molecule has 0 radical (unpaired) electrons. The molecule has 0 aliphatic rings. The molecule has 0 heterocycles. The van der Waals surface area contributed by atoms with Gasteiger partial charge in [-0.15, -0.1) is 0 Å². The van der Waals surface area contributed by atoms with E-state index in [1.165, 1.54) is 0 Å². The van der Waals surface area contributed by atoms with Gasteiger partial charge in [-0.05, 0) is 42.2 Å². The lowest BCUT2D eigenvalue weighted by Gasteiger charge is -2.18. The molecule has 0 spiro atoms. The lowest BCUT2D eigenvalue weighted by molar-refractivity contribution is 0.198. The van der Waals surface area contributed by atoms with Crippen molar-refractivity contribution in [2.24, 2.45) is 10.6 Å². The van der Waals surface area contributed by atoms with Crippen LogP contribution in [-0.2, 0) is 4.84 Å². The topological polar surface area (TPSA) is 30.8 Å². The first-order valence-corrected chi connectivity index (χ1v) is 5.73. The van der Waals surface area contributed by atoms with Crippen LogP contribution in [0.1, 0.15) is 33.3 Å². The Morgan fingerprint density at radius 1 is 1.18 bits per heavy atom. The molecular formula is C14H21NO2. The van der Waals surface area contributed by atoms with E-state index in [1.807, 2.05) is 31.2 Å². The van der Waals surface area contributed by atoms with Crippen molar-refractivity contribution in [2.75, 3.05) is 13.7 Å². The van der Waals surface area contributed by atoms with Crippen LogP contribution in [-0.4, -0.2) is 19.4 Å². The Hall–Kier alpha value is -1.51. The summed E-state index contributed by atoms with van der Waals surface area (Å²) >= 11 is 0. The van der Waals surface area contributed by atoms with Crippen molar-refractivity contribution in [3.63, 3.8) is 0 Å². The molecule has 0 atom stereocenters. The van der Waals surface area contributed by atoms with Crippen molar-refractivity contribution in [3.8, 4) is 5.75 Å². The van der Waals surface area contributed by atoms with Gasteiger partial charge in [-0.25, -0.2) is 0 Å². The summed E-state index contributed by atoms with van der Waals surface area (Å²) < 4.78 is 5.69. The molecule has 3 nitrogen and oxygen atoms in total. The fraction of sp³-hybridized carbons (Fsp3) is 0.500. The van der Waals surface area contributed by atoms with Gasteiger partial charge < -0.3 is 9.57 Å². The van der Waals surface area contributed by atoms with Gasteiger partial charge in [0.25, 0.3) is 0 Å². The fourth-order valence-corrected chi connectivity index (χ4v) is 1.28. The van der Waals surface area contributed by atoms with E-state index in [0.29, 0.717) is 6.61 Å². The summed E-state index contributed by atoms with van der Waals surface area (Å²) in [4.78, 5) is 4.74. The maximum atomic E-state index is 5.69. The Morgan fingerprint density at radius 2 is 1.76 bits per heavy atom. The molecule has 17 heavy (non-hydrogen) atoms. The van der Waals surface area contributed by atoms with Gasteiger partial charge in [0.15, 0.2) is 0 Å². The molecule has 0 saturated carbocycles. The molecule has 0 amide bonds. The van der Waals surface area contributed by atoms with Gasteiger partial charge >= 0.3 is 0 Å². The summed E-state index contributed by atoms with van der Waals surface area (Å²) in [5.41, 5.74) is 2.07. The van der Waals surface area contributed by atoms with Crippen LogP contribution in [0.5, 0.6) is 5.75 Å². The van der Waals surface area contributed by atoms with Crippen LogP contribution in [0.2, 0.25) is 0 Å². The predicted octanol–water partition coefficient (Wildman–Crippen LogP) is 3.48. The van der Waals surface area contributed by atoms with Gasteiger partial charge in [-0.3, -0.25) is 0 Å². The number of hydrogen-bond acceptors (Lipinski definition) is 3. The minimum atomic E-state index is 0.173. The highest BCUT2D eigenvalue weighted by atomic mass is 16.6. The van der Waals surface area contributed by atoms with Crippen molar-refractivity contribution >= 4 is 5.71 Å². The molecule has 0 fully saturated rings. The average molecular weight is 235 g/mol. The van der Waals surface area contributed by atoms with E-state index in [9.17, 15) is 0 Å². The van der Waals surface area contributed by atoms with Crippen molar-refractivity contribution < 1.29 is 9.57 Å². The van der Waals surface area contributed by atoms with E-state index in [-0.39, 0.29) is 5.41 Å². The van der Waals surface area contributed by atoms with Gasteiger partial charge in [-0.2, -0.15) is 0 Å². The smallest absolute Gasteiger partial charge is 0.119 e. The number of oxime groups is 1. The highest BCUT2D eigenvalue weighted by Crippen LogP contribution is 2.18. The highest BCUT2D eigenvalue weighted by Gasteiger charge is 2.10. The summed E-state index contributed by atoms with van der Waals surface area (Å²) in [5, 5.41) is 3.89. The van der Waals surface area contributed by atoms with Crippen LogP contribution < -0.4 is 4.74 Å². The summed E-state index contributed by atoms with van der Waals surface area (Å²) in [7, 11) is 1.55. The first kappa shape index (κ1) is 13.6. The minimum Gasteiger partial charge on any atom is -0.493 e. The van der Waals surface area contributed by atoms with E-state index in [4.69, 9.17) is 9.57 Å². The van der Waals surface area contributed by atoms with Crippen LogP contribution in [0.3, 0.4) is 0 Å². The van der Waals surface area contributed by atoms with Crippen LogP contribution in [0.25, 0.3) is 0 Å². The second-order valence-corrected chi connectivity index (χ2v) is 5.23. The van der Waals surface area contributed by atoms with E-state index in [0.717, 1.165) is 17.0 Å². The average Bonchev–Trinajstić information content (AvgIpc) is 2.26. The van der Waals surface area contributed by atoms with E-state index in [2.05, 4.69) is 25.9 Å².